The predicted octanol–water partition coefficient (Wildman–Crippen LogP) is 3.05. The lowest BCUT2D eigenvalue weighted by Gasteiger charge is -2.15. The summed E-state index contributed by atoms with van der Waals surface area (Å²) in [6.45, 7) is 2.59. The van der Waals surface area contributed by atoms with Crippen molar-refractivity contribution < 1.29 is 4.74 Å². The first kappa shape index (κ1) is 13.7. The van der Waals surface area contributed by atoms with Gasteiger partial charge in [0.15, 0.2) is 0 Å². The molecule has 0 spiro atoms. The highest BCUT2D eigenvalue weighted by Gasteiger charge is 2.07. The fourth-order valence-electron chi connectivity index (χ4n) is 2.39. The molecular formula is C18H20N2O. The van der Waals surface area contributed by atoms with Gasteiger partial charge in [-0.15, -0.1) is 0 Å². The van der Waals surface area contributed by atoms with Crippen LogP contribution in [0.3, 0.4) is 0 Å². The Morgan fingerprint density at radius 3 is 2.76 bits per heavy atom. The van der Waals surface area contributed by atoms with Crippen molar-refractivity contribution in [2.45, 2.75) is 12.8 Å². The van der Waals surface area contributed by atoms with E-state index in [1.807, 2.05) is 18.2 Å². The smallest absolute Gasteiger partial charge is 0.128 e. The minimum atomic E-state index is 0.688. The maximum atomic E-state index is 5.86. The zero-order chi connectivity index (χ0) is 14.3. The molecule has 0 atom stereocenters. The molecule has 108 valence electrons. The number of benzene rings is 2. The highest BCUT2D eigenvalue weighted by Crippen LogP contribution is 2.15. The van der Waals surface area contributed by atoms with Crippen molar-refractivity contribution in [1.29, 1.82) is 0 Å². The van der Waals surface area contributed by atoms with Crippen LogP contribution in [0.15, 0.2) is 59.6 Å². The molecule has 3 rings (SSSR count). The van der Waals surface area contributed by atoms with Crippen molar-refractivity contribution in [3.05, 3.63) is 65.7 Å². The van der Waals surface area contributed by atoms with Gasteiger partial charge in [-0.3, -0.25) is 4.99 Å². The number of nitrogens with zero attached hydrogens (tertiary/aromatic N) is 1. The van der Waals surface area contributed by atoms with Gasteiger partial charge in [-0.1, -0.05) is 42.5 Å². The molecule has 1 aliphatic rings. The molecular weight excluding hydrogens is 260 g/mol. The minimum Gasteiger partial charge on any atom is -0.493 e. The van der Waals surface area contributed by atoms with Crippen LogP contribution in [0, 0.1) is 0 Å². The first-order valence-corrected chi connectivity index (χ1v) is 7.47. The van der Waals surface area contributed by atoms with Gasteiger partial charge >= 0.3 is 0 Å². The molecule has 1 heterocycles. The molecule has 0 amide bonds. The largest absolute Gasteiger partial charge is 0.493 e. The van der Waals surface area contributed by atoms with Crippen molar-refractivity contribution in [2.24, 2.45) is 4.99 Å². The van der Waals surface area contributed by atoms with Crippen molar-refractivity contribution in [3.63, 3.8) is 0 Å². The molecule has 2 aromatic rings. The monoisotopic (exact) mass is 280 g/mol. The summed E-state index contributed by atoms with van der Waals surface area (Å²) in [5.41, 5.74) is 2.40. The molecule has 1 aliphatic heterocycles. The lowest BCUT2D eigenvalue weighted by Crippen LogP contribution is -2.30. The van der Waals surface area contributed by atoms with E-state index in [-0.39, 0.29) is 0 Å². The van der Waals surface area contributed by atoms with E-state index in [1.54, 1.807) is 0 Å². The first-order valence-electron chi connectivity index (χ1n) is 7.47. The molecule has 3 heteroatoms. The summed E-state index contributed by atoms with van der Waals surface area (Å²) in [7, 11) is 0. The summed E-state index contributed by atoms with van der Waals surface area (Å²) in [6.07, 6.45) is 2.03. The van der Waals surface area contributed by atoms with Gasteiger partial charge in [0, 0.05) is 25.1 Å². The van der Waals surface area contributed by atoms with E-state index in [9.17, 15) is 0 Å². The number of hydrogen-bond acceptors (Lipinski definition) is 3. The van der Waals surface area contributed by atoms with Gasteiger partial charge in [-0.25, -0.2) is 0 Å². The number of amidine groups is 1. The van der Waals surface area contributed by atoms with Gasteiger partial charge in [-0.05, 0) is 24.1 Å². The van der Waals surface area contributed by atoms with Crippen molar-refractivity contribution in [2.75, 3.05) is 19.7 Å². The lowest BCUT2D eigenvalue weighted by atomic mass is 10.1. The Bertz CT molecular complexity index is 608. The zero-order valence-corrected chi connectivity index (χ0v) is 12.1. The molecule has 3 nitrogen and oxygen atoms in total. The summed E-state index contributed by atoms with van der Waals surface area (Å²) in [4.78, 5) is 4.52. The summed E-state index contributed by atoms with van der Waals surface area (Å²) < 4.78 is 5.86. The highest BCUT2D eigenvalue weighted by molar-refractivity contribution is 5.99. The third kappa shape index (κ3) is 3.85. The molecule has 0 bridgehead atoms. The topological polar surface area (TPSA) is 33.6 Å². The number of ether oxygens (including phenoxy) is 1. The Kier molecular flexibility index (Phi) is 4.52. The van der Waals surface area contributed by atoms with Crippen LogP contribution in [0.1, 0.15) is 17.5 Å². The van der Waals surface area contributed by atoms with Gasteiger partial charge in [0.05, 0.1) is 6.61 Å². The molecule has 0 aliphatic carbocycles. The normalized spacial score (nSPS) is 14.2. The van der Waals surface area contributed by atoms with Crippen molar-refractivity contribution >= 4 is 5.84 Å². The van der Waals surface area contributed by atoms with Crippen molar-refractivity contribution in [1.82, 2.24) is 5.32 Å². The Balaban J connectivity index is 1.60. The van der Waals surface area contributed by atoms with Crippen LogP contribution in [0.2, 0.25) is 0 Å². The van der Waals surface area contributed by atoms with E-state index in [0.717, 1.165) is 43.1 Å². The molecule has 21 heavy (non-hydrogen) atoms. The highest BCUT2D eigenvalue weighted by atomic mass is 16.5. The average molecular weight is 280 g/mol. The van der Waals surface area contributed by atoms with Crippen LogP contribution in [-0.4, -0.2) is 25.5 Å². The van der Waals surface area contributed by atoms with Crippen LogP contribution >= 0.6 is 0 Å². The standard InChI is InChI=1S/C18H20N2O/c1-2-6-15(7-3-1)10-13-21-17-9-4-8-16(14-17)18-19-11-5-12-20-18/h1-4,6-9,14H,5,10-13H2,(H,19,20). The minimum absolute atomic E-state index is 0.688. The van der Waals surface area contributed by atoms with Gasteiger partial charge < -0.3 is 10.1 Å². The fourth-order valence-corrected chi connectivity index (χ4v) is 2.39. The summed E-state index contributed by atoms with van der Waals surface area (Å²) in [5, 5.41) is 3.34. The molecule has 0 fully saturated rings. The van der Waals surface area contributed by atoms with Gasteiger partial charge in [0.2, 0.25) is 0 Å². The molecule has 0 aromatic heterocycles. The average Bonchev–Trinajstić information content (AvgIpc) is 2.57. The van der Waals surface area contributed by atoms with Crippen LogP contribution in [0.4, 0.5) is 0 Å². The number of hydrogen-bond donors (Lipinski definition) is 1. The third-order valence-corrected chi connectivity index (χ3v) is 3.51. The van der Waals surface area contributed by atoms with Gasteiger partial charge in [0.25, 0.3) is 0 Å². The summed E-state index contributed by atoms with van der Waals surface area (Å²) in [6, 6.07) is 18.5. The maximum Gasteiger partial charge on any atom is 0.128 e. The Morgan fingerprint density at radius 1 is 1.05 bits per heavy atom. The Labute approximate surface area is 125 Å². The second-order valence-corrected chi connectivity index (χ2v) is 5.12. The van der Waals surface area contributed by atoms with E-state index in [4.69, 9.17) is 4.74 Å². The molecule has 0 unspecified atom stereocenters. The van der Waals surface area contributed by atoms with Crippen LogP contribution in [0.25, 0.3) is 0 Å². The van der Waals surface area contributed by atoms with Gasteiger partial charge in [0.1, 0.15) is 11.6 Å². The van der Waals surface area contributed by atoms with Crippen LogP contribution in [0.5, 0.6) is 5.75 Å². The molecule has 1 N–H and O–H groups in total. The molecule has 0 saturated carbocycles. The Morgan fingerprint density at radius 2 is 1.95 bits per heavy atom. The quantitative estimate of drug-likeness (QED) is 0.913. The predicted molar refractivity (Wildman–Crippen MR) is 86.1 cm³/mol. The SMILES string of the molecule is c1ccc(CCOc2cccc(C3=NCCCN3)c2)cc1. The number of nitrogens with one attached hydrogen (secondary N) is 1. The second kappa shape index (κ2) is 6.93. The van der Waals surface area contributed by atoms with Crippen LogP contribution < -0.4 is 10.1 Å². The van der Waals surface area contributed by atoms with E-state index in [0.29, 0.717) is 6.61 Å². The zero-order valence-electron chi connectivity index (χ0n) is 12.1. The maximum absolute atomic E-state index is 5.86. The van der Waals surface area contributed by atoms with E-state index in [2.05, 4.69) is 46.7 Å². The molecule has 0 radical (unpaired) electrons. The second-order valence-electron chi connectivity index (χ2n) is 5.12. The van der Waals surface area contributed by atoms with E-state index < -0.39 is 0 Å². The lowest BCUT2D eigenvalue weighted by molar-refractivity contribution is 0.322. The first-order chi connectivity index (χ1) is 10.4. The third-order valence-electron chi connectivity index (χ3n) is 3.51. The van der Waals surface area contributed by atoms with E-state index >= 15 is 0 Å². The van der Waals surface area contributed by atoms with E-state index in [1.165, 1.54) is 5.56 Å². The fraction of sp³-hybridized carbons (Fsp3) is 0.278. The van der Waals surface area contributed by atoms with Gasteiger partial charge in [-0.2, -0.15) is 0 Å². The Hall–Kier alpha value is -2.29. The molecule has 2 aromatic carbocycles. The number of aliphatic imine (C=N–C) groups is 1. The summed E-state index contributed by atoms with van der Waals surface area (Å²) >= 11 is 0. The number of rotatable bonds is 5. The summed E-state index contributed by atoms with van der Waals surface area (Å²) in [5.74, 6) is 1.88. The van der Waals surface area contributed by atoms with Crippen LogP contribution in [-0.2, 0) is 6.42 Å². The van der Waals surface area contributed by atoms with Crippen molar-refractivity contribution in [3.8, 4) is 5.75 Å². The molecule has 0 saturated heterocycles.